The summed E-state index contributed by atoms with van der Waals surface area (Å²) in [6.45, 7) is 1.91. The minimum atomic E-state index is -0.974. The van der Waals surface area contributed by atoms with E-state index in [-0.39, 0.29) is 0 Å². The highest BCUT2D eigenvalue weighted by Gasteiger charge is 2.21. The smallest absolute Gasteiger partial charge is 0.256 e. The van der Waals surface area contributed by atoms with Crippen molar-refractivity contribution in [3.05, 3.63) is 30.1 Å². The third-order valence-electron chi connectivity index (χ3n) is 2.96. The number of halogens is 2. The molecule has 0 aliphatic heterocycles. The minimum absolute atomic E-state index is 0.296. The number of aromatic nitrogens is 2. The number of rotatable bonds is 4. The zero-order chi connectivity index (χ0) is 14.0. The van der Waals surface area contributed by atoms with Crippen molar-refractivity contribution in [2.24, 2.45) is 5.84 Å². The molecular formula is C12H14F2N4O. The molecule has 1 heterocycles. The fraction of sp³-hybridized carbons (Fsp3) is 0.333. The van der Waals surface area contributed by atoms with Gasteiger partial charge in [0, 0.05) is 12.1 Å². The summed E-state index contributed by atoms with van der Waals surface area (Å²) in [5, 5.41) is 0. The molecule has 0 spiro atoms. The van der Waals surface area contributed by atoms with Gasteiger partial charge >= 0.3 is 0 Å². The second-order valence-corrected chi connectivity index (χ2v) is 4.22. The number of amides is 1. The van der Waals surface area contributed by atoms with Crippen LogP contribution in [0.4, 0.5) is 8.78 Å². The summed E-state index contributed by atoms with van der Waals surface area (Å²) in [5.41, 5.74) is 2.73. The molecule has 1 atom stereocenters. The van der Waals surface area contributed by atoms with Gasteiger partial charge in [-0.1, -0.05) is 13.3 Å². The van der Waals surface area contributed by atoms with Gasteiger partial charge in [-0.05, 0) is 6.42 Å². The molecular weight excluding hydrogens is 254 g/mol. The Balaban J connectivity index is 2.54. The van der Waals surface area contributed by atoms with Crippen molar-refractivity contribution in [1.29, 1.82) is 0 Å². The highest BCUT2D eigenvalue weighted by molar-refractivity contribution is 5.83. The van der Waals surface area contributed by atoms with Crippen LogP contribution in [0.2, 0.25) is 0 Å². The van der Waals surface area contributed by atoms with Gasteiger partial charge in [0.2, 0.25) is 0 Å². The molecule has 7 heteroatoms. The first-order valence-corrected chi connectivity index (χ1v) is 5.90. The lowest BCUT2D eigenvalue weighted by atomic mass is 10.1. The number of nitrogens with one attached hydrogen (secondary N) is 1. The Bertz CT molecular complexity index is 611. The van der Waals surface area contributed by atoms with E-state index >= 15 is 0 Å². The molecule has 0 bridgehead atoms. The highest BCUT2D eigenvalue weighted by Crippen LogP contribution is 2.23. The monoisotopic (exact) mass is 268 g/mol. The maximum Gasteiger partial charge on any atom is 0.256 e. The predicted octanol–water partition coefficient (Wildman–Crippen LogP) is 1.65. The van der Waals surface area contributed by atoms with Gasteiger partial charge in [0.1, 0.15) is 6.04 Å². The van der Waals surface area contributed by atoms with E-state index in [1.807, 2.05) is 6.92 Å². The molecule has 3 N–H and O–H groups in total. The van der Waals surface area contributed by atoms with Crippen molar-refractivity contribution in [2.75, 3.05) is 0 Å². The van der Waals surface area contributed by atoms with Crippen LogP contribution >= 0.6 is 0 Å². The summed E-state index contributed by atoms with van der Waals surface area (Å²) >= 11 is 0. The van der Waals surface area contributed by atoms with E-state index in [4.69, 9.17) is 5.84 Å². The maximum atomic E-state index is 13.3. The van der Waals surface area contributed by atoms with E-state index in [0.29, 0.717) is 17.5 Å². The summed E-state index contributed by atoms with van der Waals surface area (Å²) < 4.78 is 27.9. The third kappa shape index (κ3) is 2.41. The van der Waals surface area contributed by atoms with E-state index in [1.165, 1.54) is 10.9 Å². The molecule has 0 saturated carbocycles. The van der Waals surface area contributed by atoms with E-state index in [0.717, 1.165) is 18.6 Å². The van der Waals surface area contributed by atoms with Crippen molar-refractivity contribution in [2.45, 2.75) is 25.8 Å². The normalized spacial score (nSPS) is 12.6. The topological polar surface area (TPSA) is 72.9 Å². The van der Waals surface area contributed by atoms with Crippen molar-refractivity contribution in [1.82, 2.24) is 15.0 Å². The summed E-state index contributed by atoms with van der Waals surface area (Å²) in [5.74, 6) is 2.80. The SMILES string of the molecule is CCCC(C(=O)NN)n1cnc2cc(F)c(F)cc21. The number of hydrogen-bond acceptors (Lipinski definition) is 3. The van der Waals surface area contributed by atoms with E-state index in [1.54, 1.807) is 0 Å². The number of carbonyl (C=O) groups excluding carboxylic acids is 1. The van der Waals surface area contributed by atoms with Gasteiger partial charge in [0.25, 0.3) is 5.91 Å². The van der Waals surface area contributed by atoms with Crippen LogP contribution in [-0.2, 0) is 4.79 Å². The number of imidazole rings is 1. The molecule has 19 heavy (non-hydrogen) atoms. The van der Waals surface area contributed by atoms with Crippen molar-refractivity contribution < 1.29 is 13.6 Å². The first-order valence-electron chi connectivity index (χ1n) is 5.90. The molecule has 0 saturated heterocycles. The van der Waals surface area contributed by atoms with Crippen molar-refractivity contribution in [3.8, 4) is 0 Å². The number of carbonyl (C=O) groups is 1. The van der Waals surface area contributed by atoms with E-state index in [2.05, 4.69) is 10.4 Å². The van der Waals surface area contributed by atoms with Crippen LogP contribution in [0.1, 0.15) is 25.8 Å². The van der Waals surface area contributed by atoms with Crippen LogP contribution in [0.3, 0.4) is 0 Å². The van der Waals surface area contributed by atoms with Gasteiger partial charge in [0.15, 0.2) is 11.6 Å². The minimum Gasteiger partial charge on any atom is -0.318 e. The van der Waals surface area contributed by atoms with E-state index < -0.39 is 23.6 Å². The lowest BCUT2D eigenvalue weighted by molar-refractivity contribution is -0.124. The summed E-state index contributed by atoms with van der Waals surface area (Å²) in [6.07, 6.45) is 2.65. The van der Waals surface area contributed by atoms with Gasteiger partial charge in [-0.15, -0.1) is 0 Å². The van der Waals surface area contributed by atoms with E-state index in [9.17, 15) is 13.6 Å². The Morgan fingerprint density at radius 3 is 2.79 bits per heavy atom. The molecule has 1 amide bonds. The van der Waals surface area contributed by atoms with Crippen LogP contribution in [0.5, 0.6) is 0 Å². The van der Waals surface area contributed by atoms with Gasteiger partial charge in [0.05, 0.1) is 17.4 Å². The van der Waals surface area contributed by atoms with Crippen molar-refractivity contribution in [3.63, 3.8) is 0 Å². The Labute approximate surface area is 108 Å². The molecule has 0 radical (unpaired) electrons. The Kier molecular flexibility index (Phi) is 3.75. The molecule has 0 aliphatic carbocycles. The molecule has 1 unspecified atom stereocenters. The molecule has 0 fully saturated rings. The van der Waals surface area contributed by atoms with Gasteiger partial charge in [-0.2, -0.15) is 0 Å². The quantitative estimate of drug-likeness (QED) is 0.503. The zero-order valence-electron chi connectivity index (χ0n) is 10.4. The third-order valence-corrected chi connectivity index (χ3v) is 2.96. The van der Waals surface area contributed by atoms with Crippen LogP contribution in [0.15, 0.2) is 18.5 Å². The second kappa shape index (κ2) is 5.31. The van der Waals surface area contributed by atoms with Gasteiger partial charge in [-0.25, -0.2) is 19.6 Å². The maximum absolute atomic E-state index is 13.3. The zero-order valence-corrected chi connectivity index (χ0v) is 10.4. The molecule has 5 nitrogen and oxygen atoms in total. The average molecular weight is 268 g/mol. The Morgan fingerprint density at radius 1 is 1.47 bits per heavy atom. The van der Waals surface area contributed by atoms with Gasteiger partial charge in [-0.3, -0.25) is 10.2 Å². The molecule has 1 aromatic heterocycles. The predicted molar refractivity (Wildman–Crippen MR) is 65.9 cm³/mol. The van der Waals surface area contributed by atoms with Crippen molar-refractivity contribution >= 4 is 16.9 Å². The molecule has 102 valence electrons. The number of benzene rings is 1. The standard InChI is InChI=1S/C12H14F2N4O/c1-2-3-10(12(19)17-15)18-6-16-9-4-7(13)8(14)5-11(9)18/h4-6,10H,2-3,15H2,1H3,(H,17,19). The molecule has 2 aromatic rings. The average Bonchev–Trinajstić information content (AvgIpc) is 2.78. The number of fused-ring (bicyclic) bond motifs is 1. The van der Waals surface area contributed by atoms with Crippen LogP contribution in [-0.4, -0.2) is 15.5 Å². The summed E-state index contributed by atoms with van der Waals surface area (Å²) in [4.78, 5) is 15.7. The fourth-order valence-electron chi connectivity index (χ4n) is 2.04. The summed E-state index contributed by atoms with van der Waals surface area (Å²) in [6, 6.07) is 1.44. The van der Waals surface area contributed by atoms with Gasteiger partial charge < -0.3 is 4.57 Å². The Hall–Kier alpha value is -2.02. The fourth-order valence-corrected chi connectivity index (χ4v) is 2.04. The summed E-state index contributed by atoms with van der Waals surface area (Å²) in [7, 11) is 0. The number of nitrogens with zero attached hydrogens (tertiary/aromatic N) is 2. The second-order valence-electron chi connectivity index (χ2n) is 4.22. The first-order chi connectivity index (χ1) is 9.08. The number of hydrogen-bond donors (Lipinski definition) is 2. The van der Waals surface area contributed by atoms with Crippen LogP contribution < -0.4 is 11.3 Å². The number of nitrogens with two attached hydrogens (primary N) is 1. The van der Waals surface area contributed by atoms with Crippen LogP contribution in [0, 0.1) is 11.6 Å². The highest BCUT2D eigenvalue weighted by atomic mass is 19.2. The Morgan fingerprint density at radius 2 is 2.16 bits per heavy atom. The molecule has 2 rings (SSSR count). The number of hydrazine groups is 1. The van der Waals surface area contributed by atoms with Crippen LogP contribution in [0.25, 0.3) is 11.0 Å². The molecule has 0 aliphatic rings. The lowest BCUT2D eigenvalue weighted by Crippen LogP contribution is -2.37. The lowest BCUT2D eigenvalue weighted by Gasteiger charge is -2.16. The molecule has 1 aromatic carbocycles. The largest absolute Gasteiger partial charge is 0.318 e. The first kappa shape index (κ1) is 13.4.